The van der Waals surface area contributed by atoms with Gasteiger partial charge >= 0.3 is 0 Å². The minimum atomic E-state index is -0.363. The average Bonchev–Trinajstić information content (AvgIpc) is 3.15. The number of hydrogen-bond acceptors (Lipinski definition) is 3. The van der Waals surface area contributed by atoms with Crippen molar-refractivity contribution >= 4 is 61.2 Å². The van der Waals surface area contributed by atoms with Crippen LogP contribution in [0.4, 0.5) is 4.39 Å². The van der Waals surface area contributed by atoms with Crippen molar-refractivity contribution in [3.63, 3.8) is 0 Å². The number of nitrogens with one attached hydrogen (secondary N) is 1. The minimum absolute atomic E-state index is 0.323. The molecule has 0 unspecified atom stereocenters. The Balaban J connectivity index is 1.67. The smallest absolute Gasteiger partial charge is 0.149 e. The first-order valence-corrected chi connectivity index (χ1v) is 10.8. The topological polar surface area (TPSA) is 61.7 Å². The van der Waals surface area contributed by atoms with E-state index in [1.54, 1.807) is 12.1 Å². The largest absolute Gasteiger partial charge is 0.488 e. The van der Waals surface area contributed by atoms with Crippen LogP contribution in [0, 0.1) is 20.7 Å². The van der Waals surface area contributed by atoms with Gasteiger partial charge in [0.05, 0.1) is 16.6 Å². The maximum atomic E-state index is 13.5. The number of aromatic nitrogens is 2. The third-order valence-electron chi connectivity index (χ3n) is 4.40. The van der Waals surface area contributed by atoms with Gasteiger partial charge in [0, 0.05) is 13.6 Å². The number of imidazole rings is 1. The normalized spacial score (nSPS) is 11.5. The molecule has 4 aromatic rings. The zero-order chi connectivity index (χ0) is 21.1. The number of rotatable bonds is 5. The Hall–Kier alpha value is -2.70. The Morgan fingerprint density at radius 1 is 1.17 bits per heavy atom. The summed E-state index contributed by atoms with van der Waals surface area (Å²) in [6.45, 7) is 0.408. The zero-order valence-electron chi connectivity index (χ0n) is 15.5. The maximum absolute atomic E-state index is 13.5. The summed E-state index contributed by atoms with van der Waals surface area (Å²) < 4.78 is 21.5. The molecule has 0 radical (unpaired) electrons. The predicted octanol–water partition coefficient (Wildman–Crippen LogP) is 6.71. The Morgan fingerprint density at radius 2 is 1.97 bits per heavy atom. The van der Waals surface area contributed by atoms with Gasteiger partial charge in [-0.25, -0.2) is 9.37 Å². The molecule has 0 aliphatic heterocycles. The van der Waals surface area contributed by atoms with Crippen molar-refractivity contribution in [1.29, 1.82) is 5.26 Å². The number of nitrogens with zero attached hydrogens (tertiary/aromatic N) is 2. The summed E-state index contributed by atoms with van der Waals surface area (Å²) in [5.74, 6) is 0.659. The second-order valence-corrected chi connectivity index (χ2v) is 8.68. The third kappa shape index (κ3) is 4.71. The quantitative estimate of drug-likeness (QED) is 0.213. The van der Waals surface area contributed by atoms with Gasteiger partial charge in [0.2, 0.25) is 0 Å². The van der Waals surface area contributed by atoms with Gasteiger partial charge in [-0.15, -0.1) is 0 Å². The van der Waals surface area contributed by atoms with E-state index >= 15 is 0 Å². The Labute approximate surface area is 194 Å². The van der Waals surface area contributed by atoms with Crippen LogP contribution < -0.4 is 4.74 Å². The van der Waals surface area contributed by atoms with Gasteiger partial charge in [0.25, 0.3) is 0 Å². The van der Waals surface area contributed by atoms with E-state index in [4.69, 9.17) is 4.74 Å². The van der Waals surface area contributed by atoms with Crippen LogP contribution in [-0.2, 0) is 6.61 Å². The highest BCUT2D eigenvalue weighted by molar-refractivity contribution is 14.1. The molecule has 0 amide bonds. The highest BCUT2D eigenvalue weighted by atomic mass is 127. The van der Waals surface area contributed by atoms with Gasteiger partial charge in [-0.1, -0.05) is 28.1 Å². The van der Waals surface area contributed by atoms with Crippen LogP contribution in [0.2, 0.25) is 0 Å². The molecule has 0 atom stereocenters. The first kappa shape index (κ1) is 20.6. The summed E-state index contributed by atoms with van der Waals surface area (Å²) >= 11 is 5.73. The van der Waals surface area contributed by atoms with E-state index in [-0.39, 0.29) is 5.82 Å². The maximum Gasteiger partial charge on any atom is 0.149 e. The van der Waals surface area contributed by atoms with Crippen molar-refractivity contribution in [3.8, 4) is 11.8 Å². The Bertz CT molecular complexity index is 1290. The Kier molecular flexibility index (Phi) is 6.16. The lowest BCUT2D eigenvalue weighted by Gasteiger charge is -2.10. The molecule has 7 heteroatoms. The molecule has 0 spiro atoms. The molecule has 1 heterocycles. The fourth-order valence-electron chi connectivity index (χ4n) is 2.92. The number of nitriles is 1. The number of halogens is 3. The summed E-state index contributed by atoms with van der Waals surface area (Å²) in [6.07, 6.45) is 1.71. The van der Waals surface area contributed by atoms with Gasteiger partial charge in [-0.3, -0.25) is 0 Å². The molecule has 0 fully saturated rings. The van der Waals surface area contributed by atoms with Crippen molar-refractivity contribution in [2.75, 3.05) is 0 Å². The summed E-state index contributed by atoms with van der Waals surface area (Å²) in [5, 5.41) is 9.71. The van der Waals surface area contributed by atoms with Gasteiger partial charge in [-0.05, 0) is 82.8 Å². The van der Waals surface area contributed by atoms with Crippen LogP contribution in [-0.4, -0.2) is 9.97 Å². The second-order valence-electron chi connectivity index (χ2n) is 6.51. The van der Waals surface area contributed by atoms with E-state index in [0.717, 1.165) is 19.2 Å². The zero-order valence-corrected chi connectivity index (χ0v) is 19.2. The summed E-state index contributed by atoms with van der Waals surface area (Å²) in [6, 6.07) is 20.2. The molecule has 0 saturated heterocycles. The number of benzene rings is 3. The molecule has 1 N–H and O–H groups in total. The van der Waals surface area contributed by atoms with Gasteiger partial charge in [-0.2, -0.15) is 5.26 Å². The molecule has 1 aromatic heterocycles. The van der Waals surface area contributed by atoms with Crippen LogP contribution in [0.15, 0.2) is 65.1 Å². The fourth-order valence-corrected chi connectivity index (χ4v) is 3.66. The molecule has 0 aliphatic carbocycles. The van der Waals surface area contributed by atoms with E-state index < -0.39 is 0 Å². The van der Waals surface area contributed by atoms with Gasteiger partial charge in [0.1, 0.15) is 30.1 Å². The molecule has 3 aromatic carbocycles. The predicted molar refractivity (Wildman–Crippen MR) is 127 cm³/mol. The first-order valence-electron chi connectivity index (χ1n) is 8.96. The molecule has 0 aliphatic rings. The molecular weight excluding hydrogens is 560 g/mol. The molecule has 30 heavy (non-hydrogen) atoms. The van der Waals surface area contributed by atoms with Crippen molar-refractivity contribution < 1.29 is 9.13 Å². The van der Waals surface area contributed by atoms with Crippen molar-refractivity contribution in [3.05, 3.63) is 91.5 Å². The van der Waals surface area contributed by atoms with E-state index in [9.17, 15) is 9.65 Å². The minimum Gasteiger partial charge on any atom is -0.488 e. The lowest BCUT2D eigenvalue weighted by atomic mass is 10.1. The monoisotopic (exact) mass is 573 g/mol. The van der Waals surface area contributed by atoms with E-state index in [2.05, 4.69) is 54.6 Å². The summed E-state index contributed by atoms with van der Waals surface area (Å²) in [7, 11) is 0. The number of hydrogen-bond donors (Lipinski definition) is 1. The van der Waals surface area contributed by atoms with E-state index in [0.29, 0.717) is 34.8 Å². The van der Waals surface area contributed by atoms with Gasteiger partial charge in [0.15, 0.2) is 0 Å². The van der Waals surface area contributed by atoms with E-state index in [1.807, 2.05) is 42.5 Å². The van der Waals surface area contributed by atoms with Crippen LogP contribution >= 0.6 is 38.5 Å². The van der Waals surface area contributed by atoms with Crippen LogP contribution in [0.1, 0.15) is 17.0 Å². The van der Waals surface area contributed by atoms with Crippen LogP contribution in [0.5, 0.6) is 5.75 Å². The lowest BCUT2D eigenvalue weighted by molar-refractivity contribution is 0.305. The summed E-state index contributed by atoms with van der Waals surface area (Å²) in [4.78, 5) is 7.42. The van der Waals surface area contributed by atoms with Crippen LogP contribution in [0.3, 0.4) is 0 Å². The Morgan fingerprint density at radius 3 is 2.73 bits per heavy atom. The summed E-state index contributed by atoms with van der Waals surface area (Å²) in [5.41, 5.74) is 3.24. The molecule has 0 bridgehead atoms. The number of aromatic amines is 1. The first-order chi connectivity index (χ1) is 14.5. The van der Waals surface area contributed by atoms with Gasteiger partial charge < -0.3 is 9.72 Å². The number of ether oxygens (including phenoxy) is 1. The van der Waals surface area contributed by atoms with Crippen molar-refractivity contribution in [2.45, 2.75) is 6.61 Å². The number of H-pyrrole nitrogens is 1. The average molecular weight is 574 g/mol. The van der Waals surface area contributed by atoms with Crippen LogP contribution in [0.25, 0.3) is 22.7 Å². The molecule has 4 rings (SSSR count). The number of fused-ring (bicyclic) bond motifs is 1. The third-order valence-corrected chi connectivity index (χ3v) is 5.61. The highest BCUT2D eigenvalue weighted by Crippen LogP contribution is 2.28. The molecule has 148 valence electrons. The second kappa shape index (κ2) is 8.98. The molecule has 0 saturated carbocycles. The molecule has 4 nitrogen and oxygen atoms in total. The molecular formula is C23H14BrFIN3O. The SMILES string of the molecule is N#C/C(=C/c1cc(Br)ccc1OCc1ccc(I)cc1)c1nc2ccc(F)cc2[nH]1. The van der Waals surface area contributed by atoms with Crippen molar-refractivity contribution in [1.82, 2.24) is 9.97 Å². The highest BCUT2D eigenvalue weighted by Gasteiger charge is 2.11. The van der Waals surface area contributed by atoms with E-state index in [1.165, 1.54) is 12.1 Å². The number of allylic oxidation sites excluding steroid dienone is 1. The fraction of sp³-hybridized carbons (Fsp3) is 0.0435. The van der Waals surface area contributed by atoms with Crippen molar-refractivity contribution in [2.24, 2.45) is 0 Å². The lowest BCUT2D eigenvalue weighted by Crippen LogP contribution is -1.97. The standard InChI is InChI=1S/C23H14BrFIN3O/c24-17-3-8-22(30-13-14-1-5-19(26)6-2-14)15(10-17)9-16(12-27)23-28-20-7-4-18(25)11-21(20)29-23/h1-11H,13H2,(H,28,29)/b16-9-.